The molecule has 2 heteroatoms. The van der Waals surface area contributed by atoms with E-state index < -0.39 is 0 Å². The smallest absolute Gasteiger partial charge is 0.0323 e. The van der Waals surface area contributed by atoms with Crippen LogP contribution in [0.3, 0.4) is 0 Å². The molecular formula is C16H26N2. The lowest BCUT2D eigenvalue weighted by Crippen LogP contribution is -2.38. The molecule has 0 spiro atoms. The Labute approximate surface area is 111 Å². The molecule has 2 rings (SSSR count). The van der Waals surface area contributed by atoms with Crippen molar-refractivity contribution in [1.82, 2.24) is 4.90 Å². The van der Waals surface area contributed by atoms with Gasteiger partial charge in [-0.15, -0.1) is 0 Å². The number of rotatable bonds is 4. The first-order valence-electron chi connectivity index (χ1n) is 7.33. The summed E-state index contributed by atoms with van der Waals surface area (Å²) in [6.45, 7) is 5.71. The van der Waals surface area contributed by atoms with E-state index in [0.29, 0.717) is 6.04 Å². The summed E-state index contributed by atoms with van der Waals surface area (Å²) in [5.74, 6) is 0. The van der Waals surface area contributed by atoms with Gasteiger partial charge in [-0.05, 0) is 44.0 Å². The van der Waals surface area contributed by atoms with Crippen molar-refractivity contribution in [3.05, 3.63) is 29.8 Å². The molecule has 0 aromatic heterocycles. The Morgan fingerprint density at radius 1 is 1.28 bits per heavy atom. The van der Waals surface area contributed by atoms with Gasteiger partial charge in [-0.3, -0.25) is 4.90 Å². The fraction of sp³-hybridized carbons (Fsp3) is 0.625. The number of anilines is 1. The van der Waals surface area contributed by atoms with E-state index in [-0.39, 0.29) is 0 Å². The summed E-state index contributed by atoms with van der Waals surface area (Å²) >= 11 is 0. The lowest BCUT2D eigenvalue weighted by Gasteiger charge is -2.38. The lowest BCUT2D eigenvalue weighted by molar-refractivity contribution is 0.119. The van der Waals surface area contributed by atoms with Crippen molar-refractivity contribution in [2.75, 3.05) is 12.3 Å². The second-order valence-electron chi connectivity index (χ2n) is 5.47. The third-order valence-corrected chi connectivity index (χ3v) is 4.30. The molecule has 0 radical (unpaired) electrons. The SMILES string of the molecule is CCN(C1CCCCC1)C(C)c1cccc(N)c1. The zero-order valence-electron chi connectivity index (χ0n) is 11.7. The number of nitrogens with two attached hydrogens (primary N) is 1. The first kappa shape index (κ1) is 13.4. The van der Waals surface area contributed by atoms with Crippen LogP contribution in [0.15, 0.2) is 24.3 Å². The molecule has 1 saturated carbocycles. The van der Waals surface area contributed by atoms with E-state index in [1.165, 1.54) is 37.7 Å². The number of benzene rings is 1. The van der Waals surface area contributed by atoms with Crippen LogP contribution in [0, 0.1) is 0 Å². The quantitative estimate of drug-likeness (QED) is 0.814. The molecule has 1 aliphatic rings. The van der Waals surface area contributed by atoms with Crippen molar-refractivity contribution >= 4 is 5.69 Å². The summed E-state index contributed by atoms with van der Waals surface area (Å²) < 4.78 is 0. The van der Waals surface area contributed by atoms with E-state index in [9.17, 15) is 0 Å². The average molecular weight is 246 g/mol. The van der Waals surface area contributed by atoms with Crippen LogP contribution < -0.4 is 5.73 Å². The predicted molar refractivity (Wildman–Crippen MR) is 78.5 cm³/mol. The van der Waals surface area contributed by atoms with Crippen LogP contribution in [0.1, 0.15) is 57.6 Å². The van der Waals surface area contributed by atoms with E-state index >= 15 is 0 Å². The van der Waals surface area contributed by atoms with Gasteiger partial charge < -0.3 is 5.73 Å². The molecule has 1 aromatic carbocycles. The first-order chi connectivity index (χ1) is 8.72. The van der Waals surface area contributed by atoms with E-state index in [0.717, 1.165) is 18.3 Å². The Balaban J connectivity index is 2.11. The van der Waals surface area contributed by atoms with Crippen molar-refractivity contribution in [3.8, 4) is 0 Å². The van der Waals surface area contributed by atoms with Crippen molar-refractivity contribution in [3.63, 3.8) is 0 Å². The molecule has 2 nitrogen and oxygen atoms in total. The molecule has 0 bridgehead atoms. The zero-order valence-corrected chi connectivity index (χ0v) is 11.7. The molecular weight excluding hydrogens is 220 g/mol. The van der Waals surface area contributed by atoms with Gasteiger partial charge in [0.25, 0.3) is 0 Å². The van der Waals surface area contributed by atoms with E-state index in [4.69, 9.17) is 5.73 Å². The van der Waals surface area contributed by atoms with Gasteiger partial charge in [-0.25, -0.2) is 0 Å². The molecule has 1 aliphatic carbocycles. The second-order valence-corrected chi connectivity index (χ2v) is 5.47. The van der Waals surface area contributed by atoms with E-state index in [1.54, 1.807) is 0 Å². The van der Waals surface area contributed by atoms with Gasteiger partial charge in [0.2, 0.25) is 0 Å². The van der Waals surface area contributed by atoms with Crippen molar-refractivity contribution < 1.29 is 0 Å². The molecule has 1 fully saturated rings. The van der Waals surface area contributed by atoms with Gasteiger partial charge in [0.1, 0.15) is 0 Å². The van der Waals surface area contributed by atoms with Crippen LogP contribution >= 0.6 is 0 Å². The minimum atomic E-state index is 0.474. The van der Waals surface area contributed by atoms with Gasteiger partial charge in [0.05, 0.1) is 0 Å². The lowest BCUT2D eigenvalue weighted by atomic mass is 9.92. The topological polar surface area (TPSA) is 29.3 Å². The minimum absolute atomic E-state index is 0.474. The molecule has 2 N–H and O–H groups in total. The van der Waals surface area contributed by atoms with Crippen LogP contribution in [0.4, 0.5) is 5.69 Å². The van der Waals surface area contributed by atoms with Gasteiger partial charge in [-0.2, -0.15) is 0 Å². The Bertz CT molecular complexity index is 369. The summed E-state index contributed by atoms with van der Waals surface area (Å²) in [6.07, 6.45) is 6.93. The molecule has 0 aliphatic heterocycles. The maximum atomic E-state index is 5.90. The number of hydrogen-bond acceptors (Lipinski definition) is 2. The third kappa shape index (κ3) is 3.05. The Morgan fingerprint density at radius 2 is 2.00 bits per heavy atom. The summed E-state index contributed by atoms with van der Waals surface area (Å²) in [5, 5.41) is 0. The Morgan fingerprint density at radius 3 is 2.61 bits per heavy atom. The van der Waals surface area contributed by atoms with Crippen LogP contribution in [-0.4, -0.2) is 17.5 Å². The van der Waals surface area contributed by atoms with Crippen LogP contribution in [-0.2, 0) is 0 Å². The monoisotopic (exact) mass is 246 g/mol. The molecule has 100 valence electrons. The van der Waals surface area contributed by atoms with Crippen LogP contribution in [0.5, 0.6) is 0 Å². The van der Waals surface area contributed by atoms with Crippen molar-refractivity contribution in [1.29, 1.82) is 0 Å². The predicted octanol–water partition coefficient (Wildman–Crippen LogP) is 3.98. The second kappa shape index (κ2) is 6.24. The normalized spacial score (nSPS) is 19.1. The average Bonchev–Trinajstić information content (AvgIpc) is 2.41. The van der Waals surface area contributed by atoms with Gasteiger partial charge in [0.15, 0.2) is 0 Å². The maximum Gasteiger partial charge on any atom is 0.0323 e. The summed E-state index contributed by atoms with van der Waals surface area (Å²) in [4.78, 5) is 2.65. The fourth-order valence-electron chi connectivity index (χ4n) is 3.27. The summed E-state index contributed by atoms with van der Waals surface area (Å²) in [5.41, 5.74) is 8.12. The summed E-state index contributed by atoms with van der Waals surface area (Å²) in [7, 11) is 0. The highest BCUT2D eigenvalue weighted by Gasteiger charge is 2.24. The van der Waals surface area contributed by atoms with Crippen LogP contribution in [0.2, 0.25) is 0 Å². The molecule has 1 aromatic rings. The Kier molecular flexibility index (Phi) is 4.65. The highest BCUT2D eigenvalue weighted by Crippen LogP contribution is 2.30. The molecule has 0 saturated heterocycles. The van der Waals surface area contributed by atoms with Crippen LogP contribution in [0.25, 0.3) is 0 Å². The number of nitrogen functional groups attached to an aromatic ring is 1. The van der Waals surface area contributed by atoms with Crippen molar-refractivity contribution in [2.24, 2.45) is 0 Å². The summed E-state index contributed by atoms with van der Waals surface area (Å²) in [6, 6.07) is 9.59. The van der Waals surface area contributed by atoms with E-state index in [1.807, 2.05) is 6.07 Å². The fourth-order valence-corrected chi connectivity index (χ4v) is 3.27. The molecule has 1 atom stereocenters. The van der Waals surface area contributed by atoms with E-state index in [2.05, 4.69) is 36.9 Å². The largest absolute Gasteiger partial charge is 0.399 e. The molecule has 0 amide bonds. The molecule has 1 unspecified atom stereocenters. The number of nitrogens with zero attached hydrogens (tertiary/aromatic N) is 1. The standard InChI is InChI=1S/C16H26N2/c1-3-18(16-10-5-4-6-11-16)13(2)14-8-7-9-15(17)12-14/h7-9,12-13,16H,3-6,10-11,17H2,1-2H3. The Hall–Kier alpha value is -1.02. The highest BCUT2D eigenvalue weighted by molar-refractivity contribution is 5.41. The maximum absolute atomic E-state index is 5.90. The highest BCUT2D eigenvalue weighted by atomic mass is 15.2. The molecule has 0 heterocycles. The molecule has 18 heavy (non-hydrogen) atoms. The first-order valence-corrected chi connectivity index (χ1v) is 7.33. The van der Waals surface area contributed by atoms with Crippen molar-refractivity contribution in [2.45, 2.75) is 58.0 Å². The minimum Gasteiger partial charge on any atom is -0.399 e. The number of hydrogen-bond donors (Lipinski definition) is 1. The van der Waals surface area contributed by atoms with Gasteiger partial charge in [-0.1, -0.05) is 38.3 Å². The zero-order chi connectivity index (χ0) is 13.0. The third-order valence-electron chi connectivity index (χ3n) is 4.30. The van der Waals surface area contributed by atoms with Gasteiger partial charge >= 0.3 is 0 Å². The van der Waals surface area contributed by atoms with Gasteiger partial charge in [0, 0.05) is 17.8 Å².